The highest BCUT2D eigenvalue weighted by atomic mass is 15.3. The van der Waals surface area contributed by atoms with E-state index < -0.39 is 0 Å². The zero-order chi connectivity index (χ0) is 14.4. The molecule has 1 aromatic rings. The Morgan fingerprint density at radius 1 is 0.895 bits per heavy atom. The summed E-state index contributed by atoms with van der Waals surface area (Å²) in [7, 11) is 0. The van der Waals surface area contributed by atoms with E-state index in [0.717, 1.165) is 13.1 Å². The highest BCUT2D eigenvalue weighted by Crippen LogP contribution is 2.38. The predicted molar refractivity (Wildman–Crippen MR) is 84.2 cm³/mol. The highest BCUT2D eigenvalue weighted by molar-refractivity contribution is 5.64. The molecule has 2 nitrogen and oxygen atoms in total. The zero-order valence-electron chi connectivity index (χ0n) is 13.5. The van der Waals surface area contributed by atoms with Gasteiger partial charge in [0.25, 0.3) is 0 Å². The van der Waals surface area contributed by atoms with E-state index in [4.69, 9.17) is 0 Å². The molecule has 0 bridgehead atoms. The second kappa shape index (κ2) is 4.52. The van der Waals surface area contributed by atoms with Gasteiger partial charge in [-0.25, -0.2) is 0 Å². The van der Waals surface area contributed by atoms with Gasteiger partial charge >= 0.3 is 0 Å². The van der Waals surface area contributed by atoms with Gasteiger partial charge in [0.15, 0.2) is 0 Å². The second-order valence-corrected chi connectivity index (χ2v) is 7.31. The Kier molecular flexibility index (Phi) is 3.42. The molecule has 1 aliphatic heterocycles. The predicted octanol–water partition coefficient (Wildman–Crippen LogP) is 3.58. The maximum atomic E-state index is 3.57. The van der Waals surface area contributed by atoms with Crippen molar-refractivity contribution in [2.45, 2.75) is 59.5 Å². The third-order valence-electron chi connectivity index (χ3n) is 4.18. The van der Waals surface area contributed by atoms with Crippen molar-refractivity contribution < 1.29 is 0 Å². The first-order chi connectivity index (χ1) is 8.65. The molecular weight excluding hydrogens is 232 g/mol. The van der Waals surface area contributed by atoms with E-state index in [1.807, 2.05) is 0 Å². The van der Waals surface area contributed by atoms with Gasteiger partial charge in [0.2, 0.25) is 0 Å². The minimum atomic E-state index is 0.131. The second-order valence-electron chi connectivity index (χ2n) is 7.31. The molecule has 0 amide bonds. The van der Waals surface area contributed by atoms with Crippen molar-refractivity contribution in [3.63, 3.8) is 0 Å². The minimum Gasteiger partial charge on any atom is -0.358 e. The lowest BCUT2D eigenvalue weighted by atomic mass is 9.86. The first kappa shape index (κ1) is 14.4. The van der Waals surface area contributed by atoms with Gasteiger partial charge in [-0.15, -0.1) is 0 Å². The lowest BCUT2D eigenvalue weighted by Gasteiger charge is -2.55. The maximum absolute atomic E-state index is 3.57. The van der Waals surface area contributed by atoms with Crippen molar-refractivity contribution in [3.8, 4) is 0 Å². The summed E-state index contributed by atoms with van der Waals surface area (Å²) in [6.45, 7) is 18.1. The first-order valence-corrected chi connectivity index (χ1v) is 7.24. The summed E-state index contributed by atoms with van der Waals surface area (Å²) in [6, 6.07) is 4.60. The van der Waals surface area contributed by atoms with Gasteiger partial charge in [-0.2, -0.15) is 0 Å². The van der Waals surface area contributed by atoms with E-state index in [9.17, 15) is 0 Å². The quantitative estimate of drug-likeness (QED) is 0.830. The molecule has 0 unspecified atom stereocenters. The molecule has 19 heavy (non-hydrogen) atoms. The van der Waals surface area contributed by atoms with E-state index >= 15 is 0 Å². The van der Waals surface area contributed by atoms with Crippen LogP contribution < -0.4 is 10.2 Å². The Labute approximate surface area is 118 Å². The lowest BCUT2D eigenvalue weighted by Crippen LogP contribution is -2.68. The summed E-state index contributed by atoms with van der Waals surface area (Å²) in [5.41, 5.74) is 5.81. The summed E-state index contributed by atoms with van der Waals surface area (Å²) >= 11 is 0. The number of piperazine rings is 1. The SMILES string of the molecule is Cc1cc(C)c(N2C(C)(C)CNCC2(C)C)c(C)c1. The molecular formula is C17H28N2. The van der Waals surface area contributed by atoms with Crippen LogP contribution in [0.2, 0.25) is 0 Å². The number of aryl methyl sites for hydroxylation is 3. The van der Waals surface area contributed by atoms with Gasteiger partial charge < -0.3 is 10.2 Å². The molecule has 0 radical (unpaired) electrons. The largest absolute Gasteiger partial charge is 0.358 e. The van der Waals surface area contributed by atoms with Gasteiger partial charge in [0.1, 0.15) is 0 Å². The molecule has 106 valence electrons. The van der Waals surface area contributed by atoms with Crippen LogP contribution in [0.15, 0.2) is 12.1 Å². The average molecular weight is 260 g/mol. The molecule has 1 N–H and O–H groups in total. The van der Waals surface area contributed by atoms with Crippen LogP contribution in [0.25, 0.3) is 0 Å². The van der Waals surface area contributed by atoms with Crippen molar-refractivity contribution in [2.24, 2.45) is 0 Å². The normalized spacial score (nSPS) is 21.5. The van der Waals surface area contributed by atoms with E-state index in [0.29, 0.717) is 0 Å². The summed E-state index contributed by atoms with van der Waals surface area (Å²) < 4.78 is 0. The first-order valence-electron chi connectivity index (χ1n) is 7.24. The van der Waals surface area contributed by atoms with Gasteiger partial charge in [-0.3, -0.25) is 0 Å². The number of hydrogen-bond acceptors (Lipinski definition) is 2. The summed E-state index contributed by atoms with van der Waals surface area (Å²) in [4.78, 5) is 2.63. The number of anilines is 1. The molecule has 0 spiro atoms. The van der Waals surface area contributed by atoms with Gasteiger partial charge in [0, 0.05) is 29.9 Å². The molecule has 1 aliphatic rings. The van der Waals surface area contributed by atoms with E-state index in [-0.39, 0.29) is 11.1 Å². The number of nitrogens with one attached hydrogen (secondary N) is 1. The molecule has 0 aromatic heterocycles. The monoisotopic (exact) mass is 260 g/mol. The van der Waals surface area contributed by atoms with Crippen LogP contribution in [0, 0.1) is 20.8 Å². The molecule has 0 aliphatic carbocycles. The Morgan fingerprint density at radius 3 is 1.74 bits per heavy atom. The Hall–Kier alpha value is -1.02. The van der Waals surface area contributed by atoms with Gasteiger partial charge in [-0.1, -0.05) is 17.7 Å². The van der Waals surface area contributed by atoms with Crippen molar-refractivity contribution in [1.82, 2.24) is 5.32 Å². The molecule has 1 heterocycles. The summed E-state index contributed by atoms with van der Waals surface area (Å²) in [5, 5.41) is 3.57. The van der Waals surface area contributed by atoms with Crippen LogP contribution in [0.4, 0.5) is 5.69 Å². The van der Waals surface area contributed by atoms with Crippen LogP contribution >= 0.6 is 0 Å². The smallest absolute Gasteiger partial charge is 0.0476 e. The van der Waals surface area contributed by atoms with Crippen LogP contribution in [0.3, 0.4) is 0 Å². The van der Waals surface area contributed by atoms with Gasteiger partial charge in [-0.05, 0) is 59.6 Å². The third kappa shape index (κ3) is 2.51. The van der Waals surface area contributed by atoms with E-state index in [1.54, 1.807) is 0 Å². The fraction of sp³-hybridized carbons (Fsp3) is 0.647. The van der Waals surface area contributed by atoms with E-state index in [2.05, 4.69) is 70.8 Å². The molecule has 1 aromatic carbocycles. The lowest BCUT2D eigenvalue weighted by molar-refractivity contribution is 0.262. The van der Waals surface area contributed by atoms with Crippen LogP contribution in [-0.2, 0) is 0 Å². The fourth-order valence-corrected chi connectivity index (χ4v) is 3.78. The standard InChI is InChI=1S/C17H28N2/c1-12-8-13(2)15(14(3)9-12)19-16(4,5)10-18-11-17(19,6)7/h8-9,18H,10-11H2,1-7H3. The topological polar surface area (TPSA) is 15.3 Å². The van der Waals surface area contributed by atoms with Crippen LogP contribution in [-0.4, -0.2) is 24.2 Å². The zero-order valence-corrected chi connectivity index (χ0v) is 13.5. The highest BCUT2D eigenvalue weighted by Gasteiger charge is 2.42. The van der Waals surface area contributed by atoms with Crippen LogP contribution in [0.1, 0.15) is 44.4 Å². The fourth-order valence-electron chi connectivity index (χ4n) is 3.78. The molecule has 0 saturated carbocycles. The van der Waals surface area contributed by atoms with Gasteiger partial charge in [0.05, 0.1) is 0 Å². The van der Waals surface area contributed by atoms with Crippen molar-refractivity contribution >= 4 is 5.69 Å². The number of rotatable bonds is 1. The summed E-state index contributed by atoms with van der Waals surface area (Å²) in [5.74, 6) is 0. The maximum Gasteiger partial charge on any atom is 0.0476 e. The van der Waals surface area contributed by atoms with Crippen LogP contribution in [0.5, 0.6) is 0 Å². The molecule has 1 saturated heterocycles. The number of nitrogens with zero attached hydrogens (tertiary/aromatic N) is 1. The van der Waals surface area contributed by atoms with Crippen molar-refractivity contribution in [2.75, 3.05) is 18.0 Å². The number of hydrogen-bond donors (Lipinski definition) is 1. The number of benzene rings is 1. The van der Waals surface area contributed by atoms with E-state index in [1.165, 1.54) is 22.4 Å². The van der Waals surface area contributed by atoms with Crippen molar-refractivity contribution in [3.05, 3.63) is 28.8 Å². The Morgan fingerprint density at radius 2 is 1.32 bits per heavy atom. The molecule has 1 fully saturated rings. The molecule has 2 rings (SSSR count). The van der Waals surface area contributed by atoms with Crippen molar-refractivity contribution in [1.29, 1.82) is 0 Å². The Bertz CT molecular complexity index is 447. The Balaban J connectivity index is 2.60. The molecule has 0 atom stereocenters. The minimum absolute atomic E-state index is 0.131. The summed E-state index contributed by atoms with van der Waals surface area (Å²) in [6.07, 6.45) is 0. The third-order valence-corrected chi connectivity index (χ3v) is 4.18. The molecule has 2 heteroatoms. The average Bonchev–Trinajstić information content (AvgIpc) is 2.19.